The molecule has 0 bridgehead atoms. The SMILES string of the molecule is C#Cc1c(F)ccc2cccc(-c3c([N+](=O)[O-])cc4c(N5CCCC(C)(O)C5)nc(OCC5(CN6CCOCC6)CC5)nc4c3F)c12. The summed E-state index contributed by atoms with van der Waals surface area (Å²) in [5.41, 5.74) is -2.25. The lowest BCUT2D eigenvalue weighted by Gasteiger charge is -2.38. The van der Waals surface area contributed by atoms with E-state index in [-0.39, 0.29) is 56.8 Å². The van der Waals surface area contributed by atoms with Crippen LogP contribution in [0.3, 0.4) is 0 Å². The van der Waals surface area contributed by atoms with Gasteiger partial charge in [0.15, 0.2) is 5.82 Å². The van der Waals surface area contributed by atoms with Gasteiger partial charge < -0.3 is 19.5 Å². The molecule has 0 spiro atoms. The minimum absolute atomic E-state index is 0.0575. The van der Waals surface area contributed by atoms with Crippen molar-refractivity contribution in [3.05, 3.63) is 63.7 Å². The highest BCUT2D eigenvalue weighted by molar-refractivity contribution is 6.06. The number of terminal acetylenes is 1. The molecule has 1 N–H and O–H groups in total. The van der Waals surface area contributed by atoms with E-state index < -0.39 is 27.8 Å². The Kier molecular flexibility index (Phi) is 7.94. The molecule has 3 heterocycles. The zero-order valence-corrected chi connectivity index (χ0v) is 26.1. The zero-order valence-electron chi connectivity index (χ0n) is 26.1. The number of anilines is 1. The maximum absolute atomic E-state index is 17.0. The second-order valence-electron chi connectivity index (χ2n) is 13.2. The molecular weight excluding hydrogens is 608 g/mol. The van der Waals surface area contributed by atoms with Crippen LogP contribution < -0.4 is 9.64 Å². The summed E-state index contributed by atoms with van der Waals surface area (Å²) in [6, 6.07) is 8.70. The number of nitro benzene ring substituents is 1. The molecule has 0 radical (unpaired) electrons. The van der Waals surface area contributed by atoms with Crippen molar-refractivity contribution in [2.75, 3.05) is 57.4 Å². The molecule has 1 aliphatic carbocycles. The van der Waals surface area contributed by atoms with Gasteiger partial charge in [-0.2, -0.15) is 9.97 Å². The summed E-state index contributed by atoms with van der Waals surface area (Å²) in [4.78, 5) is 25.2. The van der Waals surface area contributed by atoms with E-state index in [1.807, 2.05) is 0 Å². The molecule has 12 heteroatoms. The normalized spacial score (nSPS) is 21.1. The maximum Gasteiger partial charge on any atom is 0.319 e. The summed E-state index contributed by atoms with van der Waals surface area (Å²) in [5.74, 6) is 0.909. The van der Waals surface area contributed by atoms with Crippen molar-refractivity contribution in [1.29, 1.82) is 0 Å². The largest absolute Gasteiger partial charge is 0.463 e. The Bertz CT molecular complexity index is 1930. The van der Waals surface area contributed by atoms with Gasteiger partial charge in [0.1, 0.15) is 17.2 Å². The average Bonchev–Trinajstić information content (AvgIpc) is 3.82. The number of benzene rings is 3. The van der Waals surface area contributed by atoms with Gasteiger partial charge in [-0.25, -0.2) is 8.78 Å². The van der Waals surface area contributed by atoms with Crippen molar-refractivity contribution < 1.29 is 28.3 Å². The first-order valence-corrected chi connectivity index (χ1v) is 15.9. The van der Waals surface area contributed by atoms with Crippen molar-refractivity contribution in [3.63, 3.8) is 0 Å². The third-order valence-electron chi connectivity index (χ3n) is 9.58. The van der Waals surface area contributed by atoms with Crippen LogP contribution in [-0.4, -0.2) is 83.0 Å². The van der Waals surface area contributed by atoms with Crippen LogP contribution in [0.1, 0.15) is 38.2 Å². The van der Waals surface area contributed by atoms with E-state index in [1.165, 1.54) is 24.3 Å². The second kappa shape index (κ2) is 12.0. The summed E-state index contributed by atoms with van der Waals surface area (Å²) in [6.07, 6.45) is 8.82. The number of rotatable bonds is 8. The lowest BCUT2D eigenvalue weighted by Crippen LogP contribution is -2.46. The Morgan fingerprint density at radius 2 is 1.94 bits per heavy atom. The number of hydrogen-bond donors (Lipinski definition) is 1. The van der Waals surface area contributed by atoms with E-state index in [1.54, 1.807) is 24.0 Å². The van der Waals surface area contributed by atoms with Crippen LogP contribution in [0.2, 0.25) is 0 Å². The van der Waals surface area contributed by atoms with Crippen LogP contribution in [0, 0.1) is 39.5 Å². The number of piperidine rings is 1. The first kappa shape index (κ1) is 31.2. The zero-order chi connectivity index (χ0) is 32.9. The van der Waals surface area contributed by atoms with E-state index in [9.17, 15) is 19.6 Å². The van der Waals surface area contributed by atoms with Gasteiger partial charge in [-0.15, -0.1) is 6.42 Å². The molecule has 3 aliphatic rings. The molecule has 4 aromatic rings. The summed E-state index contributed by atoms with van der Waals surface area (Å²) >= 11 is 0. The van der Waals surface area contributed by atoms with Crippen molar-refractivity contribution in [2.45, 2.75) is 38.2 Å². The highest BCUT2D eigenvalue weighted by atomic mass is 19.1. The third-order valence-corrected chi connectivity index (χ3v) is 9.58. The van der Waals surface area contributed by atoms with Crippen molar-refractivity contribution >= 4 is 33.2 Å². The summed E-state index contributed by atoms with van der Waals surface area (Å²) in [5, 5.41) is 24.3. The number of halogens is 2. The maximum atomic E-state index is 17.0. The van der Waals surface area contributed by atoms with Crippen LogP contribution in [-0.2, 0) is 4.74 Å². The molecule has 3 fully saturated rings. The summed E-state index contributed by atoms with van der Waals surface area (Å²) in [7, 11) is 0. The van der Waals surface area contributed by atoms with Crippen LogP contribution in [0.15, 0.2) is 36.4 Å². The Labute approximate surface area is 270 Å². The van der Waals surface area contributed by atoms with Gasteiger partial charge in [-0.1, -0.05) is 30.2 Å². The Morgan fingerprint density at radius 3 is 2.64 bits per heavy atom. The van der Waals surface area contributed by atoms with E-state index in [4.69, 9.17) is 15.9 Å². The molecule has 2 saturated heterocycles. The number of fused-ring (bicyclic) bond motifs is 2. The molecule has 10 nitrogen and oxygen atoms in total. The van der Waals surface area contributed by atoms with Crippen LogP contribution in [0.4, 0.5) is 20.3 Å². The number of nitrogens with zero attached hydrogens (tertiary/aromatic N) is 5. The van der Waals surface area contributed by atoms with Crippen LogP contribution in [0.25, 0.3) is 32.8 Å². The van der Waals surface area contributed by atoms with Gasteiger partial charge in [-0.3, -0.25) is 15.0 Å². The number of ether oxygens (including phenoxy) is 2. The van der Waals surface area contributed by atoms with E-state index in [0.29, 0.717) is 44.6 Å². The molecule has 47 heavy (non-hydrogen) atoms. The number of aliphatic hydroxyl groups is 1. The highest BCUT2D eigenvalue weighted by Gasteiger charge is 2.45. The minimum Gasteiger partial charge on any atom is -0.463 e. The van der Waals surface area contributed by atoms with Gasteiger partial charge in [0, 0.05) is 55.2 Å². The third kappa shape index (κ3) is 5.95. The molecule has 1 unspecified atom stereocenters. The van der Waals surface area contributed by atoms with Gasteiger partial charge in [0.2, 0.25) is 0 Å². The first-order chi connectivity index (χ1) is 22.6. The summed E-state index contributed by atoms with van der Waals surface area (Å²) in [6.45, 7) is 6.62. The van der Waals surface area contributed by atoms with Gasteiger partial charge >= 0.3 is 6.01 Å². The van der Waals surface area contributed by atoms with E-state index in [0.717, 1.165) is 32.5 Å². The number of hydrogen-bond acceptors (Lipinski definition) is 9. The monoisotopic (exact) mass is 643 g/mol. The molecule has 3 aromatic carbocycles. The molecule has 7 rings (SSSR count). The fourth-order valence-electron chi connectivity index (χ4n) is 6.96. The Morgan fingerprint density at radius 1 is 1.15 bits per heavy atom. The topological polar surface area (TPSA) is 114 Å². The van der Waals surface area contributed by atoms with Gasteiger partial charge in [-0.05, 0) is 44.1 Å². The van der Waals surface area contributed by atoms with E-state index in [2.05, 4.69) is 20.8 Å². The van der Waals surface area contributed by atoms with Gasteiger partial charge in [0.05, 0.1) is 46.9 Å². The molecule has 1 saturated carbocycles. The first-order valence-electron chi connectivity index (χ1n) is 15.9. The Balaban J connectivity index is 1.39. The predicted octanol–water partition coefficient (Wildman–Crippen LogP) is 5.46. The number of morpholine rings is 1. The lowest BCUT2D eigenvalue weighted by molar-refractivity contribution is -0.384. The minimum atomic E-state index is -1.05. The van der Waals surface area contributed by atoms with Crippen molar-refractivity contribution in [3.8, 4) is 29.5 Å². The highest BCUT2D eigenvalue weighted by Crippen LogP contribution is 2.47. The number of β-amino-alcohol motifs (C(OH)–C–C–N with tert-alkyl or cyclic N) is 1. The standard InChI is InChI=1S/C35H35F2N5O5/c1-3-23-26(36)9-8-22-6-4-7-24(28(22)23)29-27(42(44)45)18-25-31(30(29)37)38-33(39-32(25)41-13-5-10-34(2,43)19-41)47-21-35(11-12-35)20-40-14-16-46-17-15-40/h1,4,6-9,18,43H,5,10-17,19-21H2,2H3. The molecule has 0 amide bonds. The van der Waals surface area contributed by atoms with Crippen molar-refractivity contribution in [2.24, 2.45) is 5.41 Å². The van der Waals surface area contributed by atoms with Crippen molar-refractivity contribution in [1.82, 2.24) is 14.9 Å². The van der Waals surface area contributed by atoms with Crippen LogP contribution in [0.5, 0.6) is 6.01 Å². The lowest BCUT2D eigenvalue weighted by atomic mass is 9.92. The molecular formula is C35H35F2N5O5. The smallest absolute Gasteiger partial charge is 0.319 e. The van der Waals surface area contributed by atoms with Gasteiger partial charge in [0.25, 0.3) is 5.69 Å². The number of nitro groups is 1. The quantitative estimate of drug-likeness (QED) is 0.152. The molecule has 2 aliphatic heterocycles. The second-order valence-corrected chi connectivity index (χ2v) is 13.2. The summed E-state index contributed by atoms with van der Waals surface area (Å²) < 4.78 is 43.6. The number of aromatic nitrogens is 2. The average molecular weight is 644 g/mol. The van der Waals surface area contributed by atoms with E-state index >= 15 is 4.39 Å². The molecule has 244 valence electrons. The Hall–Kier alpha value is -4.44. The fourth-order valence-corrected chi connectivity index (χ4v) is 6.96. The molecule has 1 atom stereocenters. The fraction of sp³-hybridized carbons (Fsp3) is 0.429. The molecule has 1 aromatic heterocycles. The van der Waals surface area contributed by atoms with Crippen LogP contribution >= 0.6 is 0 Å². The predicted molar refractivity (Wildman–Crippen MR) is 173 cm³/mol.